The maximum Gasteiger partial charge on any atom is 0.347 e. The predicted octanol–water partition coefficient (Wildman–Crippen LogP) is 1.21. The molecular formula is C13H15N3O2. The number of hydrogen-bond donors (Lipinski definition) is 1. The minimum atomic E-state index is -0.273. The molecule has 0 spiro atoms. The van der Waals surface area contributed by atoms with Crippen LogP contribution in [0.4, 0.5) is 5.69 Å². The molecule has 2 aromatic rings. The maximum absolute atomic E-state index is 11.5. The number of aryl methyl sites for hydroxylation is 1. The van der Waals surface area contributed by atoms with Gasteiger partial charge in [-0.15, -0.1) is 0 Å². The number of aromatic nitrogens is 2. The first-order valence-corrected chi connectivity index (χ1v) is 5.67. The fourth-order valence-corrected chi connectivity index (χ4v) is 1.59. The van der Waals surface area contributed by atoms with Crippen molar-refractivity contribution in [2.75, 3.05) is 12.3 Å². The molecule has 0 saturated carbocycles. The van der Waals surface area contributed by atoms with Gasteiger partial charge in [0.15, 0.2) is 0 Å². The molecule has 0 unspecified atom stereocenters. The number of ether oxygens (including phenoxy) is 1. The van der Waals surface area contributed by atoms with Gasteiger partial charge in [0.2, 0.25) is 0 Å². The highest BCUT2D eigenvalue weighted by atomic mass is 16.5. The van der Waals surface area contributed by atoms with Crippen molar-refractivity contribution in [3.63, 3.8) is 0 Å². The van der Waals surface area contributed by atoms with Crippen molar-refractivity contribution < 1.29 is 4.74 Å². The lowest BCUT2D eigenvalue weighted by atomic mass is 10.3. The summed E-state index contributed by atoms with van der Waals surface area (Å²) in [5.74, 6) is 0.631. The van der Waals surface area contributed by atoms with Gasteiger partial charge in [0.25, 0.3) is 0 Å². The second kappa shape index (κ2) is 5.35. The summed E-state index contributed by atoms with van der Waals surface area (Å²) < 4.78 is 7.05. The number of para-hydroxylation sites is 2. The molecule has 0 fully saturated rings. The molecule has 18 heavy (non-hydrogen) atoms. The largest absolute Gasteiger partial charge is 0.490 e. The number of nitrogens with zero attached hydrogens (tertiary/aromatic N) is 2. The quantitative estimate of drug-likeness (QED) is 0.822. The van der Waals surface area contributed by atoms with Crippen molar-refractivity contribution in [1.29, 1.82) is 0 Å². The van der Waals surface area contributed by atoms with E-state index in [1.165, 1.54) is 4.57 Å². The number of rotatable bonds is 4. The van der Waals surface area contributed by atoms with E-state index in [1.807, 2.05) is 19.1 Å². The smallest absolute Gasteiger partial charge is 0.347 e. The van der Waals surface area contributed by atoms with Gasteiger partial charge in [-0.1, -0.05) is 12.1 Å². The third kappa shape index (κ3) is 2.88. The lowest BCUT2D eigenvalue weighted by molar-refractivity contribution is 0.296. The van der Waals surface area contributed by atoms with E-state index >= 15 is 0 Å². The number of nitrogen functional groups attached to an aromatic ring is 1. The molecule has 94 valence electrons. The summed E-state index contributed by atoms with van der Waals surface area (Å²) in [5, 5.41) is 0. The van der Waals surface area contributed by atoms with Crippen LogP contribution in [0, 0.1) is 6.92 Å². The molecule has 5 heteroatoms. The molecule has 0 atom stereocenters. The molecule has 0 aliphatic heterocycles. The fraction of sp³-hybridized carbons (Fsp3) is 0.231. The molecule has 2 N–H and O–H groups in total. The fourth-order valence-electron chi connectivity index (χ4n) is 1.59. The van der Waals surface area contributed by atoms with E-state index in [4.69, 9.17) is 10.5 Å². The number of nitrogens with two attached hydrogens (primary N) is 1. The summed E-state index contributed by atoms with van der Waals surface area (Å²) in [6.45, 7) is 2.71. The van der Waals surface area contributed by atoms with Crippen molar-refractivity contribution in [1.82, 2.24) is 9.55 Å². The van der Waals surface area contributed by atoms with Crippen LogP contribution in [0.5, 0.6) is 5.75 Å². The van der Waals surface area contributed by atoms with Crippen LogP contribution in [0.15, 0.2) is 41.5 Å². The highest BCUT2D eigenvalue weighted by molar-refractivity contribution is 5.51. The summed E-state index contributed by atoms with van der Waals surface area (Å²) in [4.78, 5) is 15.2. The SMILES string of the molecule is Cc1cnc(=O)n(CCOc2ccccc2N)c1. The lowest BCUT2D eigenvalue weighted by Crippen LogP contribution is -2.25. The third-order valence-corrected chi connectivity index (χ3v) is 2.49. The van der Waals surface area contributed by atoms with Gasteiger partial charge in [0.1, 0.15) is 12.4 Å². The lowest BCUT2D eigenvalue weighted by Gasteiger charge is -2.09. The molecule has 0 saturated heterocycles. The van der Waals surface area contributed by atoms with Crippen molar-refractivity contribution in [3.8, 4) is 5.75 Å². The van der Waals surface area contributed by atoms with Gasteiger partial charge in [0.05, 0.1) is 12.2 Å². The second-order valence-corrected chi connectivity index (χ2v) is 3.99. The molecule has 0 aliphatic rings. The van der Waals surface area contributed by atoms with Crippen LogP contribution >= 0.6 is 0 Å². The van der Waals surface area contributed by atoms with Crippen LogP contribution < -0.4 is 16.2 Å². The van der Waals surface area contributed by atoms with Gasteiger partial charge < -0.3 is 10.5 Å². The van der Waals surface area contributed by atoms with Gasteiger partial charge in [-0.25, -0.2) is 9.78 Å². The van der Waals surface area contributed by atoms with Crippen LogP contribution in [-0.2, 0) is 6.54 Å². The van der Waals surface area contributed by atoms with Crippen LogP contribution in [0.2, 0.25) is 0 Å². The van der Waals surface area contributed by atoms with E-state index < -0.39 is 0 Å². The Morgan fingerprint density at radius 2 is 2.17 bits per heavy atom. The summed E-state index contributed by atoms with van der Waals surface area (Å²) in [5.41, 5.74) is 7.00. The molecule has 0 amide bonds. The zero-order valence-corrected chi connectivity index (χ0v) is 10.2. The summed E-state index contributed by atoms with van der Waals surface area (Å²) in [7, 11) is 0. The molecule has 1 aromatic carbocycles. The van der Waals surface area contributed by atoms with Crippen molar-refractivity contribution >= 4 is 5.69 Å². The van der Waals surface area contributed by atoms with Crippen LogP contribution in [0.1, 0.15) is 5.56 Å². The van der Waals surface area contributed by atoms with E-state index in [2.05, 4.69) is 4.98 Å². The van der Waals surface area contributed by atoms with Gasteiger partial charge in [-0.2, -0.15) is 0 Å². The highest BCUT2D eigenvalue weighted by Crippen LogP contribution is 2.19. The first-order chi connectivity index (χ1) is 8.66. The van der Waals surface area contributed by atoms with Gasteiger partial charge in [0, 0.05) is 12.4 Å². The molecule has 5 nitrogen and oxygen atoms in total. The average Bonchev–Trinajstić information content (AvgIpc) is 2.36. The molecular weight excluding hydrogens is 230 g/mol. The predicted molar refractivity (Wildman–Crippen MR) is 69.6 cm³/mol. The monoisotopic (exact) mass is 245 g/mol. The normalized spacial score (nSPS) is 10.3. The highest BCUT2D eigenvalue weighted by Gasteiger charge is 2.00. The van der Waals surface area contributed by atoms with E-state index in [-0.39, 0.29) is 5.69 Å². The van der Waals surface area contributed by atoms with Crippen LogP contribution in [-0.4, -0.2) is 16.2 Å². The number of anilines is 1. The third-order valence-electron chi connectivity index (χ3n) is 2.49. The summed E-state index contributed by atoms with van der Waals surface area (Å²) in [6, 6.07) is 7.27. The Hall–Kier alpha value is -2.30. The zero-order chi connectivity index (χ0) is 13.0. The molecule has 2 rings (SSSR count). The van der Waals surface area contributed by atoms with Gasteiger partial charge in [-0.3, -0.25) is 4.57 Å². The Labute approximate surface area is 105 Å². The molecule has 0 aliphatic carbocycles. The Morgan fingerprint density at radius 1 is 1.39 bits per heavy atom. The average molecular weight is 245 g/mol. The van der Waals surface area contributed by atoms with Gasteiger partial charge >= 0.3 is 5.69 Å². The Morgan fingerprint density at radius 3 is 2.94 bits per heavy atom. The Kier molecular flexibility index (Phi) is 3.62. The first-order valence-electron chi connectivity index (χ1n) is 5.67. The second-order valence-electron chi connectivity index (χ2n) is 3.99. The van der Waals surface area contributed by atoms with E-state index in [1.54, 1.807) is 24.5 Å². The minimum Gasteiger partial charge on any atom is -0.490 e. The van der Waals surface area contributed by atoms with Gasteiger partial charge in [-0.05, 0) is 24.6 Å². The van der Waals surface area contributed by atoms with E-state index in [0.717, 1.165) is 5.56 Å². The van der Waals surface area contributed by atoms with Crippen molar-refractivity contribution in [3.05, 3.63) is 52.7 Å². The minimum absolute atomic E-state index is 0.273. The first kappa shape index (κ1) is 12.2. The summed E-state index contributed by atoms with van der Waals surface area (Å²) >= 11 is 0. The van der Waals surface area contributed by atoms with Crippen molar-refractivity contribution in [2.24, 2.45) is 0 Å². The van der Waals surface area contributed by atoms with Crippen LogP contribution in [0.3, 0.4) is 0 Å². The number of benzene rings is 1. The van der Waals surface area contributed by atoms with Crippen molar-refractivity contribution in [2.45, 2.75) is 13.5 Å². The standard InChI is InChI=1S/C13H15N3O2/c1-10-8-15-13(17)16(9-10)6-7-18-12-5-3-2-4-11(12)14/h2-5,8-9H,6-7,14H2,1H3. The Balaban J connectivity index is 1.99. The van der Waals surface area contributed by atoms with E-state index in [9.17, 15) is 4.79 Å². The zero-order valence-electron chi connectivity index (χ0n) is 10.2. The number of hydrogen-bond acceptors (Lipinski definition) is 4. The summed E-state index contributed by atoms with van der Waals surface area (Å²) in [6.07, 6.45) is 3.31. The van der Waals surface area contributed by atoms with Crippen LogP contribution in [0.25, 0.3) is 0 Å². The molecule has 0 radical (unpaired) electrons. The maximum atomic E-state index is 11.5. The molecule has 1 heterocycles. The Bertz CT molecular complexity index is 593. The molecule has 0 bridgehead atoms. The molecule has 1 aromatic heterocycles. The topological polar surface area (TPSA) is 70.1 Å². The van der Waals surface area contributed by atoms with E-state index in [0.29, 0.717) is 24.6 Å².